The predicted molar refractivity (Wildman–Crippen MR) is 502 cm³/mol. The van der Waals surface area contributed by atoms with Crippen LogP contribution in [0.3, 0.4) is 0 Å². The first-order valence-electron chi connectivity index (χ1n) is 43.9. The Labute approximate surface area is 703 Å². The maximum absolute atomic E-state index is 8.35. The Balaban J connectivity index is 0.000000111. The molecule has 119 heavy (non-hydrogen) atoms. The molecule has 0 radical (unpaired) electrons. The van der Waals surface area contributed by atoms with E-state index in [0.717, 1.165) is 55.0 Å². The molecular weight excluding hydrogens is 1450 g/mol. The number of aryl methyl sites for hydroxylation is 15. The quantitative estimate of drug-likeness (QED) is 0.149. The molecule has 578 valence electrons. The van der Waals surface area contributed by atoms with Crippen LogP contribution in [0, 0.1) is 48.3 Å². The molecule has 0 aliphatic carbocycles. The van der Waals surface area contributed by atoms with E-state index in [1.54, 1.807) is 18.3 Å². The number of nitrogens with zero attached hydrogens (tertiary/aromatic N) is 8. The molecule has 8 aromatic heterocycles. The van der Waals surface area contributed by atoms with Crippen LogP contribution in [-0.2, 0) is 56.4 Å². The Morgan fingerprint density at radius 1 is 0.244 bits per heavy atom. The van der Waals surface area contributed by atoms with Crippen LogP contribution in [0.25, 0.3) is 198 Å². The third-order valence-electron chi connectivity index (χ3n) is 25.0. The van der Waals surface area contributed by atoms with Crippen molar-refractivity contribution in [2.45, 2.75) is 48.3 Å². The van der Waals surface area contributed by atoms with E-state index in [2.05, 4.69) is 377 Å². The highest BCUT2D eigenvalue weighted by molar-refractivity contribution is 6.23. The Kier molecular flexibility index (Phi) is 17.1. The lowest BCUT2D eigenvalue weighted by Crippen LogP contribution is -2.31. The molecule has 0 unspecified atom stereocenters. The van der Waals surface area contributed by atoms with Crippen molar-refractivity contribution in [3.63, 3.8) is 0 Å². The SMILES string of the molecule is Cc1ccc(-c2cc3c(c[n+]2C)c2ccc4ccccc4c2n3C)c(C)c1.Cc1ccccc1-c1c2c3ccc4ccc(-c5ccccc5)cc4c3n(C)c2cc[n+]1C.Cc1ccccc1-c1cc2c(c[n+]1C)c1ccc3ccccc3c1n2C.[2H]C([2H])([2H])c1ccc(-c2c3c4cc5cc(-c6ccccc6)ccc5cc4n(C)c3c(C([2H])([2H])[2H])c[n+]2C)c(C)c1. The smallest absolute Gasteiger partial charge is 0.222 e. The van der Waals surface area contributed by atoms with Gasteiger partial charge >= 0.3 is 0 Å². The zero-order valence-electron chi connectivity index (χ0n) is 75.7. The van der Waals surface area contributed by atoms with Crippen molar-refractivity contribution >= 4 is 130 Å². The fourth-order valence-corrected chi connectivity index (χ4v) is 19.1. The third kappa shape index (κ3) is 12.8. The molecule has 0 atom stereocenters. The average molecular weight is 1550 g/mol. The third-order valence-corrected chi connectivity index (χ3v) is 25.0. The topological polar surface area (TPSA) is 35.2 Å². The maximum atomic E-state index is 8.35. The zero-order valence-corrected chi connectivity index (χ0v) is 69.7. The number of fused-ring (bicyclic) bond motifs is 19. The summed E-state index contributed by atoms with van der Waals surface area (Å²) < 4.78 is 66.2. The van der Waals surface area contributed by atoms with Crippen molar-refractivity contribution < 1.29 is 26.5 Å². The summed E-state index contributed by atoms with van der Waals surface area (Å²) in [6.45, 7) is 6.09. The fourth-order valence-electron chi connectivity index (χ4n) is 19.1. The van der Waals surface area contributed by atoms with E-state index in [0.29, 0.717) is 5.52 Å². The summed E-state index contributed by atoms with van der Waals surface area (Å²) in [7, 11) is 16.8. The lowest BCUT2D eigenvalue weighted by atomic mass is 9.96. The second-order valence-corrected chi connectivity index (χ2v) is 32.5. The number of hydrogen-bond acceptors (Lipinski definition) is 0. The fraction of sp³-hybridized carbons (Fsp3) is 0.135. The van der Waals surface area contributed by atoms with Gasteiger partial charge in [0.25, 0.3) is 0 Å². The predicted octanol–water partition coefficient (Wildman–Crippen LogP) is 25.4. The van der Waals surface area contributed by atoms with Crippen molar-refractivity contribution in [3.05, 3.63) is 361 Å². The highest BCUT2D eigenvalue weighted by atomic mass is 15.0. The molecule has 0 N–H and O–H groups in total. The van der Waals surface area contributed by atoms with Gasteiger partial charge in [-0.1, -0.05) is 242 Å². The van der Waals surface area contributed by atoms with E-state index in [4.69, 9.17) is 8.22 Å². The van der Waals surface area contributed by atoms with Crippen LogP contribution in [0.5, 0.6) is 0 Å². The van der Waals surface area contributed by atoms with Crippen LogP contribution < -0.4 is 18.3 Å². The van der Waals surface area contributed by atoms with Crippen molar-refractivity contribution in [1.29, 1.82) is 0 Å². The zero-order chi connectivity index (χ0) is 86.9. The number of rotatable bonds is 6. The molecule has 0 spiro atoms. The van der Waals surface area contributed by atoms with Crippen LogP contribution in [0.1, 0.15) is 47.2 Å². The number of hydrogen-bond donors (Lipinski definition) is 0. The van der Waals surface area contributed by atoms with Gasteiger partial charge in [0, 0.05) is 126 Å². The first-order chi connectivity index (χ1) is 60.2. The molecule has 14 aromatic carbocycles. The largest absolute Gasteiger partial charge is 0.343 e. The summed E-state index contributed by atoms with van der Waals surface area (Å²) in [6.07, 6.45) is 8.42. The number of pyridine rings is 4. The molecule has 22 rings (SSSR count). The van der Waals surface area contributed by atoms with Crippen LogP contribution in [0.4, 0.5) is 0 Å². The molecule has 22 aromatic rings. The highest BCUT2D eigenvalue weighted by Crippen LogP contribution is 2.44. The first-order valence-corrected chi connectivity index (χ1v) is 40.9. The van der Waals surface area contributed by atoms with Crippen LogP contribution in [0.15, 0.2) is 322 Å². The van der Waals surface area contributed by atoms with E-state index in [9.17, 15) is 0 Å². The Bertz CT molecular complexity index is 8160. The van der Waals surface area contributed by atoms with Crippen LogP contribution in [-0.4, -0.2) is 18.3 Å². The molecule has 0 bridgehead atoms. The maximum Gasteiger partial charge on any atom is 0.222 e. The molecule has 0 aliphatic rings. The lowest BCUT2D eigenvalue weighted by molar-refractivity contribution is -0.659. The minimum Gasteiger partial charge on any atom is -0.343 e. The minimum absolute atomic E-state index is 0.276. The summed E-state index contributed by atoms with van der Waals surface area (Å²) in [5, 5.41) is 19.5. The molecule has 8 heteroatoms. The lowest BCUT2D eigenvalue weighted by Gasteiger charge is -2.09. The minimum atomic E-state index is -2.32. The van der Waals surface area contributed by atoms with Crippen molar-refractivity contribution in [2.75, 3.05) is 0 Å². The van der Waals surface area contributed by atoms with E-state index >= 15 is 0 Å². The summed E-state index contributed by atoms with van der Waals surface area (Å²) >= 11 is 0. The van der Waals surface area contributed by atoms with Crippen LogP contribution in [0.2, 0.25) is 0 Å². The first kappa shape index (κ1) is 68.2. The Morgan fingerprint density at radius 2 is 0.697 bits per heavy atom. The molecular formula is C111H98N8+4. The second-order valence-electron chi connectivity index (χ2n) is 32.5. The normalized spacial score (nSPS) is 12.6. The molecule has 0 fully saturated rings. The van der Waals surface area contributed by atoms with Gasteiger partial charge in [0.2, 0.25) is 22.8 Å². The summed E-state index contributed by atoms with van der Waals surface area (Å²) in [6, 6.07) is 105. The van der Waals surface area contributed by atoms with Gasteiger partial charge in [-0.05, 0) is 168 Å². The summed E-state index contributed by atoms with van der Waals surface area (Å²) in [4.78, 5) is 0. The van der Waals surface area contributed by atoms with Gasteiger partial charge in [0.15, 0.2) is 24.8 Å². The standard InChI is InChI=1S/C32H29N2.C30H25N2.C25H23N2.C24H21N2/c1-20-11-14-27(21(2)15-20)32-30-28-17-26-16-24(23-9-7-6-8-10-23)12-13-25(26)18-29(28)34(5)31(30)22(3)19-33(32)4;1-20-9-7-8-12-24(20)30-28-25-16-15-22-13-14-23(21-10-5-4-6-11-21)19-26(22)29(25)32(3)27(28)17-18-31(30)2;1-16-9-11-19(17(2)13-16)23-14-24-22(15-26(23)3)21-12-10-18-7-5-6-8-20(18)25(21)27(24)4;1-16-8-4-6-10-18(16)22-14-23-21(15-25(22)2)20-13-12-17-9-5-7-11-19(17)24(20)26(23)3/h6-19H,1-5H3;4-19H,1-3H3;5-15H,1-4H3;4-15H,1-3H3/q4*+1/i1D3,3D3;;;. The van der Waals surface area contributed by atoms with E-state index in [1.165, 1.54) is 165 Å². The summed E-state index contributed by atoms with van der Waals surface area (Å²) in [5.74, 6) is 0. The van der Waals surface area contributed by atoms with Crippen molar-refractivity contribution in [2.24, 2.45) is 56.4 Å². The number of benzene rings is 14. The molecule has 8 heterocycles. The van der Waals surface area contributed by atoms with Gasteiger partial charge in [-0.3, -0.25) is 0 Å². The monoisotopic (exact) mass is 1550 g/mol. The number of aromatic nitrogens is 8. The van der Waals surface area contributed by atoms with Gasteiger partial charge in [-0.2, -0.15) is 0 Å². The van der Waals surface area contributed by atoms with Crippen LogP contribution >= 0.6 is 0 Å². The second kappa shape index (κ2) is 29.9. The van der Waals surface area contributed by atoms with Gasteiger partial charge in [-0.25, -0.2) is 18.3 Å². The molecule has 8 nitrogen and oxygen atoms in total. The molecule has 0 aliphatic heterocycles. The van der Waals surface area contributed by atoms with Gasteiger partial charge in [-0.15, -0.1) is 0 Å². The van der Waals surface area contributed by atoms with E-state index < -0.39 is 13.7 Å². The van der Waals surface area contributed by atoms with E-state index in [-0.39, 0.29) is 11.1 Å². The van der Waals surface area contributed by atoms with Gasteiger partial charge in [0.05, 0.1) is 60.2 Å². The molecule has 0 saturated carbocycles. The van der Waals surface area contributed by atoms with Crippen molar-refractivity contribution in [3.8, 4) is 67.3 Å². The molecule has 0 saturated heterocycles. The Hall–Kier alpha value is -14.1. The Morgan fingerprint density at radius 3 is 1.29 bits per heavy atom. The van der Waals surface area contributed by atoms with Gasteiger partial charge in [0.1, 0.15) is 28.2 Å². The van der Waals surface area contributed by atoms with E-state index in [1.807, 2.05) is 54.4 Å². The highest BCUT2D eigenvalue weighted by Gasteiger charge is 2.28. The summed E-state index contributed by atoms with van der Waals surface area (Å²) in [5.41, 5.74) is 29.9. The van der Waals surface area contributed by atoms with Gasteiger partial charge < -0.3 is 18.3 Å². The van der Waals surface area contributed by atoms with Crippen molar-refractivity contribution in [1.82, 2.24) is 18.3 Å². The average Bonchev–Trinajstić information content (AvgIpc) is 1.57. The molecule has 0 amide bonds.